The van der Waals surface area contributed by atoms with Crippen molar-refractivity contribution in [2.45, 2.75) is 30.8 Å². The van der Waals surface area contributed by atoms with Crippen molar-refractivity contribution < 1.29 is 4.74 Å². The molecule has 0 aliphatic heterocycles. The van der Waals surface area contributed by atoms with Gasteiger partial charge in [0.1, 0.15) is 10.4 Å². The van der Waals surface area contributed by atoms with Gasteiger partial charge in [0.15, 0.2) is 5.16 Å². The number of ether oxygens (including phenoxy) is 1. The summed E-state index contributed by atoms with van der Waals surface area (Å²) in [5.41, 5.74) is 2.04. The van der Waals surface area contributed by atoms with E-state index >= 15 is 0 Å². The van der Waals surface area contributed by atoms with Crippen LogP contribution in [0.3, 0.4) is 0 Å². The predicted molar refractivity (Wildman–Crippen MR) is 105 cm³/mol. The number of hydrogen-bond acceptors (Lipinski definition) is 6. The van der Waals surface area contributed by atoms with E-state index < -0.39 is 0 Å². The summed E-state index contributed by atoms with van der Waals surface area (Å²) in [6, 6.07) is 9.95. The zero-order valence-corrected chi connectivity index (χ0v) is 16.1. The van der Waals surface area contributed by atoms with E-state index in [-0.39, 0.29) is 5.56 Å². The molecular formula is C18H18N4O2S2. The molecule has 1 aromatic carbocycles. The molecule has 4 rings (SSSR count). The first-order valence-electron chi connectivity index (χ1n) is 8.33. The highest BCUT2D eigenvalue weighted by atomic mass is 32.2. The molecule has 0 amide bonds. The maximum atomic E-state index is 12.7. The van der Waals surface area contributed by atoms with E-state index in [1.807, 2.05) is 34.0 Å². The van der Waals surface area contributed by atoms with Gasteiger partial charge >= 0.3 is 0 Å². The zero-order valence-electron chi connectivity index (χ0n) is 14.5. The van der Waals surface area contributed by atoms with Crippen LogP contribution in [0.1, 0.15) is 18.9 Å². The minimum absolute atomic E-state index is 0.0149. The smallest absolute Gasteiger partial charge is 0.272 e. The maximum Gasteiger partial charge on any atom is 0.272 e. The number of thiophene rings is 1. The summed E-state index contributed by atoms with van der Waals surface area (Å²) >= 11 is 3.07. The number of thioether (sulfide) groups is 1. The molecule has 0 saturated heterocycles. The highest BCUT2D eigenvalue weighted by Gasteiger charge is 2.17. The molecule has 8 heteroatoms. The molecule has 3 aromatic heterocycles. The third kappa shape index (κ3) is 2.89. The number of nitrogens with zero attached hydrogens (tertiary/aromatic N) is 4. The van der Waals surface area contributed by atoms with Crippen molar-refractivity contribution in [1.82, 2.24) is 19.2 Å². The monoisotopic (exact) mass is 386 g/mol. The lowest BCUT2D eigenvalue weighted by Crippen LogP contribution is -2.22. The topological polar surface area (TPSA) is 61.4 Å². The van der Waals surface area contributed by atoms with Gasteiger partial charge in [-0.05, 0) is 35.6 Å². The number of hydrogen-bond donors (Lipinski definition) is 0. The number of fused-ring (bicyclic) bond motifs is 3. The van der Waals surface area contributed by atoms with Gasteiger partial charge in [-0.15, -0.1) is 21.5 Å². The highest BCUT2D eigenvalue weighted by Crippen LogP contribution is 2.27. The second kappa shape index (κ2) is 7.13. The van der Waals surface area contributed by atoms with Gasteiger partial charge in [-0.2, -0.15) is 0 Å². The van der Waals surface area contributed by atoms with E-state index in [9.17, 15) is 4.79 Å². The quantitative estimate of drug-likeness (QED) is 0.472. The SMILES string of the molecule is CCCn1c(=O)c2sccc2n2c(SCc3cccc(OC)c3)nnc12. The van der Waals surface area contributed by atoms with Crippen molar-refractivity contribution in [2.24, 2.45) is 0 Å². The van der Waals surface area contributed by atoms with E-state index in [0.29, 0.717) is 12.3 Å². The molecule has 6 nitrogen and oxygen atoms in total. The molecule has 0 radical (unpaired) electrons. The lowest BCUT2D eigenvalue weighted by molar-refractivity contribution is 0.414. The van der Waals surface area contributed by atoms with Crippen molar-refractivity contribution in [3.63, 3.8) is 0 Å². The summed E-state index contributed by atoms with van der Waals surface area (Å²) in [6.07, 6.45) is 0.867. The van der Waals surface area contributed by atoms with Crippen LogP contribution in [-0.4, -0.2) is 26.3 Å². The first kappa shape index (κ1) is 17.1. The molecule has 0 aliphatic rings. The van der Waals surface area contributed by atoms with Gasteiger partial charge in [0.25, 0.3) is 5.56 Å². The Morgan fingerprint density at radius 3 is 2.96 bits per heavy atom. The molecular weight excluding hydrogens is 368 g/mol. The normalized spacial score (nSPS) is 11.5. The van der Waals surface area contributed by atoms with Crippen LogP contribution in [0.5, 0.6) is 5.75 Å². The summed E-state index contributed by atoms with van der Waals surface area (Å²) in [5.74, 6) is 2.19. The van der Waals surface area contributed by atoms with Gasteiger partial charge in [0.05, 0.1) is 12.6 Å². The lowest BCUT2D eigenvalue weighted by Gasteiger charge is -2.08. The molecule has 0 atom stereocenters. The average molecular weight is 387 g/mol. The van der Waals surface area contributed by atoms with Crippen LogP contribution >= 0.6 is 23.1 Å². The molecule has 0 unspecified atom stereocenters. The number of benzene rings is 1. The molecule has 4 aromatic rings. The minimum atomic E-state index is 0.0149. The Balaban J connectivity index is 1.77. The minimum Gasteiger partial charge on any atom is -0.497 e. The summed E-state index contributed by atoms with van der Waals surface area (Å²) in [7, 11) is 1.67. The lowest BCUT2D eigenvalue weighted by atomic mass is 10.2. The predicted octanol–water partition coefficient (Wildman–Crippen LogP) is 3.82. The fourth-order valence-electron chi connectivity index (χ4n) is 2.93. The first-order valence-corrected chi connectivity index (χ1v) is 10.2. The number of rotatable bonds is 6. The Bertz CT molecular complexity index is 1130. The highest BCUT2D eigenvalue weighted by molar-refractivity contribution is 7.98. The van der Waals surface area contributed by atoms with Crippen molar-refractivity contribution >= 4 is 39.1 Å². The van der Waals surface area contributed by atoms with E-state index in [1.165, 1.54) is 11.3 Å². The van der Waals surface area contributed by atoms with Crippen LogP contribution in [0.25, 0.3) is 16.0 Å². The average Bonchev–Trinajstić information content (AvgIpc) is 3.30. The zero-order chi connectivity index (χ0) is 18.1. The molecule has 0 aliphatic carbocycles. The van der Waals surface area contributed by atoms with E-state index in [0.717, 1.165) is 38.9 Å². The van der Waals surface area contributed by atoms with Crippen molar-refractivity contribution in [3.05, 3.63) is 51.6 Å². The number of methoxy groups -OCH3 is 1. The first-order chi connectivity index (χ1) is 12.7. The molecule has 0 N–H and O–H groups in total. The largest absolute Gasteiger partial charge is 0.497 e. The van der Waals surface area contributed by atoms with Crippen molar-refractivity contribution in [1.29, 1.82) is 0 Å². The molecule has 26 heavy (non-hydrogen) atoms. The van der Waals surface area contributed by atoms with Gasteiger partial charge in [-0.3, -0.25) is 13.8 Å². The van der Waals surface area contributed by atoms with E-state index in [4.69, 9.17) is 4.74 Å². The number of aromatic nitrogens is 4. The van der Waals surface area contributed by atoms with Crippen LogP contribution in [0.4, 0.5) is 0 Å². The Morgan fingerprint density at radius 2 is 2.15 bits per heavy atom. The second-order valence-electron chi connectivity index (χ2n) is 5.85. The van der Waals surface area contributed by atoms with Crippen LogP contribution in [0.2, 0.25) is 0 Å². The van der Waals surface area contributed by atoms with Gasteiger partial charge in [-0.1, -0.05) is 30.8 Å². The van der Waals surface area contributed by atoms with Gasteiger partial charge in [0.2, 0.25) is 5.78 Å². The third-order valence-corrected chi connectivity index (χ3v) is 6.02. The molecule has 134 valence electrons. The van der Waals surface area contributed by atoms with Crippen LogP contribution in [0, 0.1) is 0 Å². The fourth-order valence-corrected chi connectivity index (χ4v) is 4.64. The summed E-state index contributed by atoms with van der Waals surface area (Å²) in [6.45, 7) is 2.69. The van der Waals surface area contributed by atoms with E-state index in [1.54, 1.807) is 23.4 Å². The molecule has 3 heterocycles. The number of aryl methyl sites for hydroxylation is 1. The van der Waals surface area contributed by atoms with Gasteiger partial charge in [0, 0.05) is 12.3 Å². The Morgan fingerprint density at radius 1 is 1.27 bits per heavy atom. The third-order valence-electron chi connectivity index (χ3n) is 4.13. The summed E-state index contributed by atoms with van der Waals surface area (Å²) in [4.78, 5) is 12.7. The molecule has 0 spiro atoms. The van der Waals surface area contributed by atoms with E-state index in [2.05, 4.69) is 23.2 Å². The Kier molecular flexibility index (Phi) is 4.69. The van der Waals surface area contributed by atoms with Crippen LogP contribution < -0.4 is 10.3 Å². The van der Waals surface area contributed by atoms with Gasteiger partial charge in [-0.25, -0.2) is 0 Å². The standard InChI is InChI=1S/C18H18N4O2S2/c1-3-8-21-16(23)15-14(7-9-25-15)22-17(21)19-20-18(22)26-11-12-5-4-6-13(10-12)24-2/h4-7,9-10H,3,8,11H2,1-2H3. The summed E-state index contributed by atoms with van der Waals surface area (Å²) < 4.78 is 9.75. The molecule has 0 saturated carbocycles. The van der Waals surface area contributed by atoms with Crippen LogP contribution in [0.15, 0.2) is 45.7 Å². The van der Waals surface area contributed by atoms with Crippen molar-refractivity contribution in [2.75, 3.05) is 7.11 Å². The Labute approximate surface area is 158 Å². The Hall–Kier alpha value is -2.32. The fraction of sp³-hybridized carbons (Fsp3) is 0.278. The maximum absolute atomic E-state index is 12.7. The molecule has 0 fully saturated rings. The van der Waals surface area contributed by atoms with Crippen molar-refractivity contribution in [3.8, 4) is 5.75 Å². The molecule has 0 bridgehead atoms. The van der Waals surface area contributed by atoms with Gasteiger partial charge < -0.3 is 4.74 Å². The summed E-state index contributed by atoms with van der Waals surface area (Å²) in [5, 5.41) is 11.4. The van der Waals surface area contributed by atoms with Crippen LogP contribution in [-0.2, 0) is 12.3 Å². The second-order valence-corrected chi connectivity index (χ2v) is 7.71.